The van der Waals surface area contributed by atoms with Crippen LogP contribution in [0, 0.1) is 38.2 Å². The number of aryl methyl sites for hydroxylation is 3. The number of anilines is 1. The fourth-order valence-corrected chi connectivity index (χ4v) is 2.67. The van der Waals surface area contributed by atoms with Gasteiger partial charge in [-0.3, -0.25) is 4.79 Å². The van der Waals surface area contributed by atoms with Crippen LogP contribution in [0.4, 0.5) is 18.9 Å². The summed E-state index contributed by atoms with van der Waals surface area (Å²) in [7, 11) is 0. The van der Waals surface area contributed by atoms with Gasteiger partial charge in [0.2, 0.25) is 0 Å². The van der Waals surface area contributed by atoms with E-state index in [-0.39, 0.29) is 0 Å². The molecule has 0 saturated heterocycles. The largest absolute Gasteiger partial charge is 0.481 e. The van der Waals surface area contributed by atoms with Crippen LogP contribution in [0.25, 0.3) is 0 Å². The number of carbonyl (C=O) groups excluding carboxylic acids is 2. The second-order valence-electron chi connectivity index (χ2n) is 6.36. The summed E-state index contributed by atoms with van der Waals surface area (Å²) >= 11 is 0. The number of carbonyl (C=O) groups is 2. The monoisotopic (exact) mass is 395 g/mol. The van der Waals surface area contributed by atoms with Crippen LogP contribution in [0.2, 0.25) is 0 Å². The van der Waals surface area contributed by atoms with Gasteiger partial charge in [-0.05, 0) is 51.0 Å². The minimum atomic E-state index is -1.71. The molecule has 2 aromatic rings. The predicted molar refractivity (Wildman–Crippen MR) is 96.6 cm³/mol. The number of benzene rings is 2. The van der Waals surface area contributed by atoms with Crippen LogP contribution in [0.15, 0.2) is 24.3 Å². The highest BCUT2D eigenvalue weighted by Crippen LogP contribution is 2.24. The highest BCUT2D eigenvalue weighted by Gasteiger charge is 2.21. The maximum absolute atomic E-state index is 13.6. The van der Waals surface area contributed by atoms with Gasteiger partial charge in [0.15, 0.2) is 30.2 Å². The van der Waals surface area contributed by atoms with Crippen LogP contribution in [0.5, 0.6) is 5.75 Å². The minimum Gasteiger partial charge on any atom is -0.481 e. The molecule has 0 unspecified atom stereocenters. The number of hydrogen-bond donors (Lipinski definition) is 1. The van der Waals surface area contributed by atoms with E-state index < -0.39 is 47.7 Å². The van der Waals surface area contributed by atoms with E-state index in [4.69, 9.17) is 9.47 Å². The zero-order valence-electron chi connectivity index (χ0n) is 15.9. The van der Waals surface area contributed by atoms with Gasteiger partial charge < -0.3 is 14.8 Å². The smallest absolute Gasteiger partial charge is 0.344 e. The van der Waals surface area contributed by atoms with Gasteiger partial charge in [0, 0.05) is 0 Å². The second-order valence-corrected chi connectivity index (χ2v) is 6.36. The first kappa shape index (κ1) is 21.3. The number of rotatable bonds is 6. The number of esters is 1. The van der Waals surface area contributed by atoms with Crippen molar-refractivity contribution in [1.29, 1.82) is 0 Å². The van der Waals surface area contributed by atoms with Gasteiger partial charge in [0.25, 0.3) is 5.91 Å². The Bertz CT molecular complexity index is 892. The molecule has 0 saturated carbocycles. The molecule has 0 aliphatic carbocycles. The molecule has 1 amide bonds. The van der Waals surface area contributed by atoms with Crippen LogP contribution in [-0.4, -0.2) is 24.6 Å². The lowest BCUT2D eigenvalue weighted by Crippen LogP contribution is -2.32. The first-order valence-corrected chi connectivity index (χ1v) is 8.44. The number of ether oxygens (including phenoxy) is 2. The lowest BCUT2D eigenvalue weighted by atomic mass is 10.1. The van der Waals surface area contributed by atoms with Crippen molar-refractivity contribution in [2.24, 2.45) is 0 Å². The molecular formula is C20H20F3NO4. The Morgan fingerprint density at radius 2 is 1.64 bits per heavy atom. The maximum atomic E-state index is 13.6. The zero-order valence-corrected chi connectivity index (χ0v) is 15.9. The number of hydrogen-bond acceptors (Lipinski definition) is 4. The van der Waals surface area contributed by atoms with Crippen molar-refractivity contribution >= 4 is 17.6 Å². The Morgan fingerprint density at radius 1 is 1.04 bits per heavy atom. The predicted octanol–water partition coefficient (Wildman–Crippen LogP) is 3.98. The van der Waals surface area contributed by atoms with E-state index in [0.29, 0.717) is 11.8 Å². The van der Waals surface area contributed by atoms with Crippen molar-refractivity contribution in [3.05, 3.63) is 58.4 Å². The third-order valence-corrected chi connectivity index (χ3v) is 3.91. The van der Waals surface area contributed by atoms with Crippen LogP contribution in [-0.2, 0) is 14.3 Å². The molecular weight excluding hydrogens is 375 g/mol. The van der Waals surface area contributed by atoms with E-state index >= 15 is 0 Å². The van der Waals surface area contributed by atoms with E-state index in [0.717, 1.165) is 22.8 Å². The quantitative estimate of drug-likeness (QED) is 0.594. The van der Waals surface area contributed by atoms with Crippen LogP contribution < -0.4 is 10.1 Å². The summed E-state index contributed by atoms with van der Waals surface area (Å²) in [4.78, 5) is 23.9. The van der Waals surface area contributed by atoms with Gasteiger partial charge in [-0.1, -0.05) is 17.7 Å². The standard InChI is InChI=1S/C20H20F3NO4/c1-10-7-11(2)19(12(3)8-10)27-9-16(25)28-13(4)20(26)24-15-6-5-14(21)17(22)18(15)23/h5-8,13H,9H2,1-4H3,(H,24,26)/t13-/m0/s1. The summed E-state index contributed by atoms with van der Waals surface area (Å²) in [5, 5.41) is 2.04. The normalized spacial score (nSPS) is 11.7. The van der Waals surface area contributed by atoms with Gasteiger partial charge in [0.1, 0.15) is 5.75 Å². The van der Waals surface area contributed by atoms with Crippen molar-refractivity contribution < 1.29 is 32.2 Å². The Balaban J connectivity index is 1.93. The van der Waals surface area contributed by atoms with E-state index in [9.17, 15) is 22.8 Å². The topological polar surface area (TPSA) is 64.6 Å². The van der Waals surface area contributed by atoms with Crippen molar-refractivity contribution in [2.45, 2.75) is 33.8 Å². The lowest BCUT2D eigenvalue weighted by molar-refractivity contribution is -0.155. The van der Waals surface area contributed by atoms with Gasteiger partial charge in [-0.2, -0.15) is 0 Å². The molecule has 0 spiro atoms. The zero-order chi connectivity index (χ0) is 21.0. The fourth-order valence-electron chi connectivity index (χ4n) is 2.67. The molecule has 0 aliphatic heterocycles. The third-order valence-electron chi connectivity index (χ3n) is 3.91. The summed E-state index contributed by atoms with van der Waals surface area (Å²) in [6, 6.07) is 5.34. The van der Waals surface area contributed by atoms with Crippen molar-refractivity contribution in [3.63, 3.8) is 0 Å². The van der Waals surface area contributed by atoms with Crippen molar-refractivity contribution in [1.82, 2.24) is 0 Å². The average molecular weight is 395 g/mol. The average Bonchev–Trinajstić information content (AvgIpc) is 2.61. The minimum absolute atomic E-state index is 0.429. The lowest BCUT2D eigenvalue weighted by Gasteiger charge is -2.16. The van der Waals surface area contributed by atoms with Crippen molar-refractivity contribution in [3.8, 4) is 5.75 Å². The Kier molecular flexibility index (Phi) is 6.66. The first-order chi connectivity index (χ1) is 13.1. The van der Waals surface area contributed by atoms with Crippen molar-refractivity contribution in [2.75, 3.05) is 11.9 Å². The summed E-state index contributed by atoms with van der Waals surface area (Å²) in [6.45, 7) is 6.45. The number of nitrogens with one attached hydrogen (secondary N) is 1. The highest BCUT2D eigenvalue weighted by molar-refractivity contribution is 5.95. The summed E-state index contributed by atoms with van der Waals surface area (Å²) in [5.74, 6) is -5.80. The number of amides is 1. The fraction of sp³-hybridized carbons (Fsp3) is 0.300. The Morgan fingerprint density at radius 3 is 2.25 bits per heavy atom. The summed E-state index contributed by atoms with van der Waals surface area (Å²) in [6.07, 6.45) is -1.30. The molecule has 0 radical (unpaired) electrons. The molecule has 0 bridgehead atoms. The Hall–Kier alpha value is -3.03. The second kappa shape index (κ2) is 8.77. The van der Waals surface area contributed by atoms with Gasteiger partial charge in [0.05, 0.1) is 5.69 Å². The van der Waals surface area contributed by atoms with E-state index in [2.05, 4.69) is 0 Å². The van der Waals surface area contributed by atoms with E-state index in [1.807, 2.05) is 38.2 Å². The SMILES string of the molecule is Cc1cc(C)c(OCC(=O)O[C@@H](C)C(=O)Nc2ccc(F)c(F)c2F)c(C)c1. The molecule has 2 rings (SSSR count). The molecule has 2 aromatic carbocycles. The van der Waals surface area contributed by atoms with E-state index in [1.54, 1.807) is 0 Å². The van der Waals surface area contributed by atoms with Gasteiger partial charge in [-0.25, -0.2) is 18.0 Å². The third kappa shape index (κ3) is 5.03. The summed E-state index contributed by atoms with van der Waals surface area (Å²) < 4.78 is 50.1. The van der Waals surface area contributed by atoms with Gasteiger partial charge in [-0.15, -0.1) is 0 Å². The molecule has 5 nitrogen and oxygen atoms in total. The molecule has 0 fully saturated rings. The Labute approximate surface area is 160 Å². The maximum Gasteiger partial charge on any atom is 0.344 e. The molecule has 28 heavy (non-hydrogen) atoms. The summed E-state index contributed by atoms with van der Waals surface area (Å²) in [5.41, 5.74) is 2.20. The molecule has 8 heteroatoms. The van der Waals surface area contributed by atoms with Crippen LogP contribution in [0.1, 0.15) is 23.6 Å². The molecule has 0 heterocycles. The highest BCUT2D eigenvalue weighted by atomic mass is 19.2. The molecule has 150 valence electrons. The molecule has 1 N–H and O–H groups in total. The van der Waals surface area contributed by atoms with Crippen LogP contribution >= 0.6 is 0 Å². The van der Waals surface area contributed by atoms with Crippen LogP contribution in [0.3, 0.4) is 0 Å². The molecule has 0 aromatic heterocycles. The first-order valence-electron chi connectivity index (χ1n) is 8.44. The van der Waals surface area contributed by atoms with Gasteiger partial charge >= 0.3 is 5.97 Å². The molecule has 0 aliphatic rings. The van der Waals surface area contributed by atoms with E-state index in [1.165, 1.54) is 6.92 Å². The number of halogens is 3. The molecule has 1 atom stereocenters.